The van der Waals surface area contributed by atoms with E-state index in [9.17, 15) is 4.79 Å². The van der Waals surface area contributed by atoms with Gasteiger partial charge < -0.3 is 10.5 Å². The molecule has 138 valence electrons. The average Bonchev–Trinajstić information content (AvgIpc) is 2.75. The van der Waals surface area contributed by atoms with Crippen LogP contribution in [-0.4, -0.2) is 25.8 Å². The van der Waals surface area contributed by atoms with E-state index >= 15 is 0 Å². The topological polar surface area (TPSA) is 128 Å². The van der Waals surface area contributed by atoms with Gasteiger partial charge in [-0.2, -0.15) is 4.98 Å². The Morgan fingerprint density at radius 3 is 2.64 bits per heavy atom. The molecule has 0 saturated carbocycles. The van der Waals surface area contributed by atoms with Crippen molar-refractivity contribution in [2.45, 2.75) is 0 Å². The number of carbonyl (C=O) groups excluding carboxylic acids is 1. The Kier molecular flexibility index (Phi) is 4.62. The molecule has 0 aliphatic carbocycles. The van der Waals surface area contributed by atoms with Gasteiger partial charge in [-0.25, -0.2) is 4.98 Å². The second-order valence-electron chi connectivity index (χ2n) is 5.67. The average molecular weight is 373 g/mol. The summed E-state index contributed by atoms with van der Waals surface area (Å²) in [6, 6.07) is 14.3. The van der Waals surface area contributed by atoms with Crippen LogP contribution >= 0.6 is 0 Å². The van der Waals surface area contributed by atoms with Crippen molar-refractivity contribution in [3.05, 3.63) is 72.9 Å². The van der Waals surface area contributed by atoms with E-state index in [0.29, 0.717) is 11.3 Å². The molecule has 0 aliphatic heterocycles. The van der Waals surface area contributed by atoms with Crippen LogP contribution in [0.15, 0.2) is 67.3 Å². The molecule has 4 N–H and O–H groups in total. The predicted octanol–water partition coefficient (Wildman–Crippen LogP) is 2.55. The van der Waals surface area contributed by atoms with Gasteiger partial charge in [-0.3, -0.25) is 25.6 Å². The van der Waals surface area contributed by atoms with E-state index in [0.717, 1.165) is 5.39 Å². The lowest BCUT2D eigenvalue weighted by Crippen LogP contribution is -2.30. The fourth-order valence-corrected chi connectivity index (χ4v) is 2.50. The molecule has 4 rings (SSSR count). The fourth-order valence-electron chi connectivity index (χ4n) is 2.50. The number of hydrazine groups is 1. The van der Waals surface area contributed by atoms with Crippen LogP contribution in [0.5, 0.6) is 11.6 Å². The van der Waals surface area contributed by atoms with Gasteiger partial charge in [0.05, 0.1) is 0 Å². The lowest BCUT2D eigenvalue weighted by molar-refractivity contribution is 0.0957. The van der Waals surface area contributed by atoms with Gasteiger partial charge in [0, 0.05) is 17.8 Å². The van der Waals surface area contributed by atoms with Crippen molar-refractivity contribution in [3.63, 3.8) is 0 Å². The number of fused-ring (bicyclic) bond motifs is 1. The van der Waals surface area contributed by atoms with Gasteiger partial charge in [0.25, 0.3) is 5.91 Å². The summed E-state index contributed by atoms with van der Waals surface area (Å²) in [6.45, 7) is 0. The van der Waals surface area contributed by atoms with Crippen molar-refractivity contribution in [1.29, 1.82) is 0 Å². The van der Waals surface area contributed by atoms with Crippen molar-refractivity contribution >= 4 is 28.3 Å². The van der Waals surface area contributed by atoms with Gasteiger partial charge in [0.15, 0.2) is 11.6 Å². The number of nitrogens with two attached hydrogens (primary N) is 1. The third-order valence-electron chi connectivity index (χ3n) is 3.84. The van der Waals surface area contributed by atoms with Gasteiger partial charge in [0.2, 0.25) is 5.88 Å². The summed E-state index contributed by atoms with van der Waals surface area (Å²) in [5.41, 5.74) is 12.3. The first-order valence-electron chi connectivity index (χ1n) is 8.32. The smallest absolute Gasteiger partial charge is 0.288 e. The monoisotopic (exact) mass is 373 g/mol. The minimum Gasteiger partial charge on any atom is -0.435 e. The Morgan fingerprint density at radius 1 is 0.929 bits per heavy atom. The Hall–Kier alpha value is -4.27. The van der Waals surface area contributed by atoms with E-state index in [2.05, 4.69) is 30.8 Å². The molecule has 1 aromatic carbocycles. The van der Waals surface area contributed by atoms with E-state index in [1.165, 1.54) is 12.5 Å². The van der Waals surface area contributed by atoms with Crippen LogP contribution in [0.25, 0.3) is 10.9 Å². The second kappa shape index (κ2) is 7.54. The van der Waals surface area contributed by atoms with Crippen LogP contribution in [0.1, 0.15) is 10.5 Å². The van der Waals surface area contributed by atoms with Crippen LogP contribution in [0.2, 0.25) is 0 Å². The van der Waals surface area contributed by atoms with E-state index < -0.39 is 5.91 Å². The maximum atomic E-state index is 12.1. The Bertz CT molecular complexity index is 1130. The van der Waals surface area contributed by atoms with Crippen LogP contribution in [0.3, 0.4) is 0 Å². The van der Waals surface area contributed by atoms with Crippen LogP contribution < -0.4 is 21.3 Å². The number of para-hydroxylation sites is 1. The number of nitrogen functional groups attached to an aromatic ring is 1. The molecule has 0 atom stereocenters. The largest absolute Gasteiger partial charge is 0.435 e. The molecule has 9 nitrogen and oxygen atoms in total. The summed E-state index contributed by atoms with van der Waals surface area (Å²) in [4.78, 5) is 28.5. The molecule has 0 bridgehead atoms. The zero-order valence-electron chi connectivity index (χ0n) is 14.5. The summed E-state index contributed by atoms with van der Waals surface area (Å²) in [5.74, 6) is 0.413. The highest BCUT2D eigenvalue weighted by Gasteiger charge is 2.13. The SMILES string of the molecule is Nc1c(NNC(=O)c2ccccn2)ncnc1Oc1cccc2cccnc12. The number of ether oxygens (including phenoxy) is 1. The number of nitrogens with zero attached hydrogens (tertiary/aromatic N) is 4. The lowest BCUT2D eigenvalue weighted by Gasteiger charge is -2.13. The third kappa shape index (κ3) is 3.49. The fraction of sp³-hybridized carbons (Fsp3) is 0. The van der Waals surface area contributed by atoms with Gasteiger partial charge >= 0.3 is 0 Å². The Balaban J connectivity index is 1.54. The van der Waals surface area contributed by atoms with Gasteiger partial charge in [0.1, 0.15) is 23.2 Å². The summed E-state index contributed by atoms with van der Waals surface area (Å²) < 4.78 is 5.85. The first-order chi connectivity index (χ1) is 13.7. The van der Waals surface area contributed by atoms with Crippen LogP contribution in [0.4, 0.5) is 11.5 Å². The van der Waals surface area contributed by atoms with E-state index in [4.69, 9.17) is 10.5 Å². The molecule has 0 aliphatic rings. The molecule has 1 amide bonds. The number of anilines is 2. The molecule has 0 spiro atoms. The molecule has 3 aromatic heterocycles. The highest BCUT2D eigenvalue weighted by Crippen LogP contribution is 2.32. The highest BCUT2D eigenvalue weighted by molar-refractivity contribution is 5.93. The van der Waals surface area contributed by atoms with Gasteiger partial charge in [-0.1, -0.05) is 24.3 Å². The number of hydrogen-bond acceptors (Lipinski definition) is 8. The van der Waals surface area contributed by atoms with Crippen LogP contribution in [-0.2, 0) is 0 Å². The van der Waals surface area contributed by atoms with Crippen molar-refractivity contribution in [3.8, 4) is 11.6 Å². The first-order valence-corrected chi connectivity index (χ1v) is 8.32. The molecule has 28 heavy (non-hydrogen) atoms. The molecule has 0 unspecified atom stereocenters. The molecule has 0 saturated heterocycles. The summed E-state index contributed by atoms with van der Waals surface area (Å²) in [7, 11) is 0. The Morgan fingerprint density at radius 2 is 1.79 bits per heavy atom. The number of benzene rings is 1. The summed E-state index contributed by atoms with van der Waals surface area (Å²) in [6.07, 6.45) is 4.48. The molecule has 3 heterocycles. The minimum absolute atomic E-state index is 0.136. The number of nitrogens with one attached hydrogen (secondary N) is 2. The van der Waals surface area contributed by atoms with E-state index in [-0.39, 0.29) is 23.1 Å². The normalized spacial score (nSPS) is 10.4. The number of rotatable bonds is 5. The molecule has 4 aromatic rings. The van der Waals surface area contributed by atoms with Crippen molar-refractivity contribution in [1.82, 2.24) is 25.4 Å². The quantitative estimate of drug-likeness (QED) is 0.455. The van der Waals surface area contributed by atoms with E-state index in [1.807, 2.05) is 24.3 Å². The standard InChI is InChI=1S/C19H15N7O2/c20-15-17(25-26-18(27)13-7-1-2-9-21-13)23-11-24-19(15)28-14-8-3-5-12-6-4-10-22-16(12)14/h1-11H,20H2,(H,26,27)(H,23,24,25). The molecular weight excluding hydrogens is 358 g/mol. The zero-order valence-corrected chi connectivity index (χ0v) is 14.5. The highest BCUT2D eigenvalue weighted by atomic mass is 16.5. The Labute approximate surface area is 159 Å². The van der Waals surface area contributed by atoms with Gasteiger partial charge in [-0.15, -0.1) is 0 Å². The maximum Gasteiger partial charge on any atom is 0.288 e. The lowest BCUT2D eigenvalue weighted by atomic mass is 10.2. The van der Waals surface area contributed by atoms with Crippen LogP contribution in [0, 0.1) is 0 Å². The summed E-state index contributed by atoms with van der Waals surface area (Å²) >= 11 is 0. The number of hydrogen-bond donors (Lipinski definition) is 3. The van der Waals surface area contributed by atoms with Crippen molar-refractivity contribution in [2.75, 3.05) is 11.2 Å². The molecule has 0 radical (unpaired) electrons. The second-order valence-corrected chi connectivity index (χ2v) is 5.67. The summed E-state index contributed by atoms with van der Waals surface area (Å²) in [5, 5.41) is 0.925. The number of carbonyl (C=O) groups is 1. The third-order valence-corrected chi connectivity index (χ3v) is 3.84. The number of amides is 1. The van der Waals surface area contributed by atoms with Gasteiger partial charge in [-0.05, 0) is 24.3 Å². The number of aromatic nitrogens is 4. The predicted molar refractivity (Wildman–Crippen MR) is 104 cm³/mol. The first kappa shape index (κ1) is 17.2. The van der Waals surface area contributed by atoms with Crippen molar-refractivity contribution < 1.29 is 9.53 Å². The molecular formula is C19H15N7O2. The minimum atomic E-state index is -0.431. The molecule has 9 heteroatoms. The van der Waals surface area contributed by atoms with Crippen molar-refractivity contribution in [2.24, 2.45) is 0 Å². The molecule has 0 fully saturated rings. The maximum absolute atomic E-state index is 12.1. The van der Waals surface area contributed by atoms with E-state index in [1.54, 1.807) is 30.5 Å². The zero-order chi connectivity index (χ0) is 19.3. The number of pyridine rings is 2.